The molecule has 138 valence electrons. The van der Waals surface area contributed by atoms with Gasteiger partial charge in [-0.3, -0.25) is 4.79 Å². The molecule has 26 heavy (non-hydrogen) atoms. The predicted octanol–water partition coefficient (Wildman–Crippen LogP) is 3.77. The second-order valence-electron chi connectivity index (χ2n) is 6.08. The van der Waals surface area contributed by atoms with E-state index < -0.39 is 27.8 Å². The van der Waals surface area contributed by atoms with E-state index in [-0.39, 0.29) is 4.90 Å². The molecule has 1 aliphatic rings. The number of hydrogen-bond acceptors (Lipinski definition) is 3. The van der Waals surface area contributed by atoms with Gasteiger partial charge in [0.25, 0.3) is 0 Å². The smallest absolute Gasteiger partial charge is 0.243 e. The lowest BCUT2D eigenvalue weighted by Crippen LogP contribution is -2.49. The maximum atomic E-state index is 13.0. The number of anilines is 1. The number of carbonyl (C=O) groups is 1. The molecule has 2 aromatic carbocycles. The fraction of sp³-hybridized carbons (Fsp3) is 0.278. The predicted molar refractivity (Wildman–Crippen MR) is 101 cm³/mol. The minimum Gasteiger partial charge on any atom is -0.325 e. The molecule has 1 atom stereocenters. The van der Waals surface area contributed by atoms with E-state index in [2.05, 4.69) is 21.2 Å². The van der Waals surface area contributed by atoms with Crippen LogP contribution in [0.5, 0.6) is 0 Å². The lowest BCUT2D eigenvalue weighted by atomic mass is 10.0. The highest BCUT2D eigenvalue weighted by Crippen LogP contribution is 2.27. The number of nitrogens with one attached hydrogen (secondary N) is 1. The molecule has 3 rings (SSSR count). The van der Waals surface area contributed by atoms with E-state index in [4.69, 9.17) is 0 Å². The van der Waals surface area contributed by atoms with Crippen LogP contribution in [0.3, 0.4) is 0 Å². The molecule has 5 nitrogen and oxygen atoms in total. The summed E-state index contributed by atoms with van der Waals surface area (Å²) in [6.07, 6.45) is 1.92. The van der Waals surface area contributed by atoms with Crippen LogP contribution >= 0.6 is 15.9 Å². The van der Waals surface area contributed by atoms with E-state index in [1.54, 1.807) is 12.1 Å². The summed E-state index contributed by atoms with van der Waals surface area (Å²) in [5, 5.41) is 2.68. The molecule has 1 N–H and O–H groups in total. The summed E-state index contributed by atoms with van der Waals surface area (Å²) in [7, 11) is -3.78. The number of nitrogens with zero attached hydrogens (tertiary/aromatic N) is 1. The molecule has 8 heteroatoms. The third kappa shape index (κ3) is 4.13. The van der Waals surface area contributed by atoms with E-state index >= 15 is 0 Å². The summed E-state index contributed by atoms with van der Waals surface area (Å²) in [5.74, 6) is -0.808. The molecule has 1 heterocycles. The van der Waals surface area contributed by atoms with Crippen LogP contribution in [0.1, 0.15) is 19.3 Å². The Kier molecular flexibility index (Phi) is 5.74. The van der Waals surface area contributed by atoms with E-state index in [1.807, 2.05) is 0 Å². The Bertz CT molecular complexity index is 886. The average Bonchev–Trinajstić information content (AvgIpc) is 2.64. The maximum Gasteiger partial charge on any atom is 0.243 e. The Hall–Kier alpha value is -1.77. The van der Waals surface area contributed by atoms with Gasteiger partial charge in [0.15, 0.2) is 0 Å². The SMILES string of the molecule is O=C(Nc1ccc(F)cc1)[C@H]1CCCCN1S(=O)(=O)c1ccc(Br)cc1. The van der Waals surface area contributed by atoms with Crippen LogP contribution in [0.4, 0.5) is 10.1 Å². The lowest BCUT2D eigenvalue weighted by Gasteiger charge is -2.33. The third-order valence-electron chi connectivity index (χ3n) is 4.29. The molecule has 0 spiro atoms. The van der Waals surface area contributed by atoms with Crippen molar-refractivity contribution < 1.29 is 17.6 Å². The first kappa shape index (κ1) is 19.0. The zero-order chi connectivity index (χ0) is 18.7. The molecule has 1 fully saturated rings. The number of amides is 1. The van der Waals surface area contributed by atoms with Gasteiger partial charge in [-0.25, -0.2) is 12.8 Å². The van der Waals surface area contributed by atoms with Gasteiger partial charge in [0.1, 0.15) is 11.9 Å². The summed E-state index contributed by atoms with van der Waals surface area (Å²) < 4.78 is 41.0. The van der Waals surface area contributed by atoms with Crippen LogP contribution in [-0.4, -0.2) is 31.2 Å². The van der Waals surface area contributed by atoms with Gasteiger partial charge in [-0.1, -0.05) is 22.4 Å². The molecular formula is C18H18BrFN2O3S. The van der Waals surface area contributed by atoms with E-state index in [1.165, 1.54) is 40.7 Å². The highest BCUT2D eigenvalue weighted by molar-refractivity contribution is 9.10. The molecule has 0 radical (unpaired) electrons. The zero-order valence-electron chi connectivity index (χ0n) is 13.9. The Labute approximate surface area is 160 Å². The molecular weight excluding hydrogens is 423 g/mol. The van der Waals surface area contributed by atoms with Crippen molar-refractivity contribution in [3.63, 3.8) is 0 Å². The summed E-state index contributed by atoms with van der Waals surface area (Å²) >= 11 is 3.29. The van der Waals surface area contributed by atoms with Gasteiger partial charge < -0.3 is 5.32 Å². The van der Waals surface area contributed by atoms with Gasteiger partial charge in [-0.05, 0) is 61.4 Å². The Balaban J connectivity index is 1.83. The first-order valence-electron chi connectivity index (χ1n) is 8.22. The van der Waals surface area contributed by atoms with Crippen molar-refractivity contribution >= 4 is 37.5 Å². The molecule has 0 aliphatic carbocycles. The number of carbonyl (C=O) groups excluding carboxylic acids is 1. The Morgan fingerprint density at radius 1 is 1.08 bits per heavy atom. The van der Waals surface area contributed by atoms with Gasteiger partial charge in [-0.2, -0.15) is 4.31 Å². The third-order valence-corrected chi connectivity index (χ3v) is 6.74. The minimum atomic E-state index is -3.78. The van der Waals surface area contributed by atoms with Gasteiger partial charge in [0.05, 0.1) is 4.90 Å². The Morgan fingerprint density at radius 2 is 1.73 bits per heavy atom. The monoisotopic (exact) mass is 440 g/mol. The molecule has 0 saturated carbocycles. The van der Waals surface area contributed by atoms with Gasteiger partial charge in [0, 0.05) is 16.7 Å². The second-order valence-corrected chi connectivity index (χ2v) is 8.88. The highest BCUT2D eigenvalue weighted by atomic mass is 79.9. The fourth-order valence-corrected chi connectivity index (χ4v) is 4.88. The number of halogens is 2. The van der Waals surface area contributed by atoms with Crippen molar-refractivity contribution in [2.24, 2.45) is 0 Å². The van der Waals surface area contributed by atoms with Crippen molar-refractivity contribution in [3.05, 3.63) is 58.8 Å². The summed E-state index contributed by atoms with van der Waals surface area (Å²) in [5.41, 5.74) is 0.433. The van der Waals surface area contributed by atoms with Crippen molar-refractivity contribution in [1.29, 1.82) is 0 Å². The quantitative estimate of drug-likeness (QED) is 0.786. The van der Waals surface area contributed by atoms with E-state index in [0.29, 0.717) is 25.1 Å². The van der Waals surface area contributed by atoms with E-state index in [9.17, 15) is 17.6 Å². The van der Waals surface area contributed by atoms with Crippen molar-refractivity contribution in [1.82, 2.24) is 4.31 Å². The standard InChI is InChI=1S/C18H18BrFN2O3S/c19-13-4-10-16(11-5-13)26(24,25)22-12-2-1-3-17(22)18(23)21-15-8-6-14(20)7-9-15/h4-11,17H,1-3,12H2,(H,21,23)/t17-/m1/s1. The summed E-state index contributed by atoms with van der Waals surface area (Å²) in [4.78, 5) is 12.8. The van der Waals surface area contributed by atoms with Crippen molar-refractivity contribution in [2.75, 3.05) is 11.9 Å². The van der Waals surface area contributed by atoms with Crippen LogP contribution in [0.25, 0.3) is 0 Å². The highest BCUT2D eigenvalue weighted by Gasteiger charge is 2.37. The Morgan fingerprint density at radius 3 is 2.38 bits per heavy atom. The summed E-state index contributed by atoms with van der Waals surface area (Å²) in [6.45, 7) is 0.292. The maximum absolute atomic E-state index is 13.0. The van der Waals surface area contributed by atoms with Crippen LogP contribution < -0.4 is 5.32 Å². The number of piperidine rings is 1. The first-order valence-corrected chi connectivity index (χ1v) is 10.4. The zero-order valence-corrected chi connectivity index (χ0v) is 16.3. The van der Waals surface area contributed by atoms with Gasteiger partial charge in [-0.15, -0.1) is 0 Å². The first-order chi connectivity index (χ1) is 12.4. The van der Waals surface area contributed by atoms with Crippen molar-refractivity contribution in [2.45, 2.75) is 30.2 Å². The van der Waals surface area contributed by atoms with Crippen LogP contribution in [0, 0.1) is 5.82 Å². The topological polar surface area (TPSA) is 66.5 Å². The molecule has 1 aliphatic heterocycles. The number of benzene rings is 2. The molecule has 2 aromatic rings. The minimum absolute atomic E-state index is 0.155. The van der Waals surface area contributed by atoms with Crippen LogP contribution in [-0.2, 0) is 14.8 Å². The number of sulfonamides is 1. The fourth-order valence-electron chi connectivity index (χ4n) is 2.96. The molecule has 0 aromatic heterocycles. The average molecular weight is 441 g/mol. The lowest BCUT2D eigenvalue weighted by molar-refractivity contribution is -0.120. The summed E-state index contributed by atoms with van der Waals surface area (Å²) in [6, 6.07) is 10.9. The number of hydrogen-bond donors (Lipinski definition) is 1. The second kappa shape index (κ2) is 7.85. The van der Waals surface area contributed by atoms with E-state index in [0.717, 1.165) is 10.9 Å². The molecule has 0 bridgehead atoms. The van der Waals surface area contributed by atoms with Crippen LogP contribution in [0.2, 0.25) is 0 Å². The molecule has 1 amide bonds. The largest absolute Gasteiger partial charge is 0.325 e. The normalized spacial score (nSPS) is 18.5. The van der Waals surface area contributed by atoms with Crippen LogP contribution in [0.15, 0.2) is 57.9 Å². The molecule has 0 unspecified atom stereocenters. The molecule has 1 saturated heterocycles. The van der Waals surface area contributed by atoms with Crippen molar-refractivity contribution in [3.8, 4) is 0 Å². The van der Waals surface area contributed by atoms with Gasteiger partial charge >= 0.3 is 0 Å². The number of rotatable bonds is 4. The van der Waals surface area contributed by atoms with Gasteiger partial charge in [0.2, 0.25) is 15.9 Å².